The molecule has 0 aliphatic heterocycles. The minimum absolute atomic E-state index is 0.375. The van der Waals surface area contributed by atoms with Crippen molar-refractivity contribution in [2.24, 2.45) is 17.6 Å². The van der Waals surface area contributed by atoms with Gasteiger partial charge in [-0.1, -0.05) is 12.8 Å². The Bertz CT molecular complexity index is 263. The van der Waals surface area contributed by atoms with Crippen molar-refractivity contribution in [2.45, 2.75) is 57.9 Å². The van der Waals surface area contributed by atoms with Gasteiger partial charge in [-0.05, 0) is 51.0 Å². The Morgan fingerprint density at radius 1 is 1.24 bits per heavy atom. The summed E-state index contributed by atoms with van der Waals surface area (Å²) >= 11 is 0. The van der Waals surface area contributed by atoms with E-state index in [-0.39, 0.29) is 0 Å². The van der Waals surface area contributed by atoms with Crippen LogP contribution in [0.15, 0.2) is 0 Å². The van der Waals surface area contributed by atoms with E-state index in [1.54, 1.807) is 0 Å². The van der Waals surface area contributed by atoms with Gasteiger partial charge in [0.1, 0.15) is 0 Å². The molecule has 0 aromatic heterocycles. The molecule has 0 aromatic rings. The second-order valence-electron chi connectivity index (χ2n) is 5.67. The van der Waals surface area contributed by atoms with Gasteiger partial charge in [0.25, 0.3) is 0 Å². The summed E-state index contributed by atoms with van der Waals surface area (Å²) in [6.45, 7) is 3.69. The van der Waals surface area contributed by atoms with E-state index in [1.165, 1.54) is 32.1 Å². The molecule has 2 aliphatic carbocycles. The van der Waals surface area contributed by atoms with E-state index < -0.39 is 0 Å². The van der Waals surface area contributed by atoms with Crippen LogP contribution in [0.3, 0.4) is 0 Å². The molecule has 0 saturated heterocycles. The van der Waals surface area contributed by atoms with Crippen molar-refractivity contribution in [3.05, 3.63) is 0 Å². The van der Waals surface area contributed by atoms with Gasteiger partial charge >= 0.3 is 0 Å². The third-order valence-corrected chi connectivity index (χ3v) is 4.39. The maximum atomic E-state index is 12.3. The van der Waals surface area contributed by atoms with Crippen molar-refractivity contribution in [3.8, 4) is 0 Å². The highest BCUT2D eigenvalue weighted by Crippen LogP contribution is 2.34. The topological polar surface area (TPSA) is 46.3 Å². The zero-order valence-corrected chi connectivity index (χ0v) is 11.0. The molecule has 2 saturated carbocycles. The fourth-order valence-corrected chi connectivity index (χ4v) is 3.16. The van der Waals surface area contributed by atoms with Crippen molar-refractivity contribution in [1.29, 1.82) is 0 Å². The molecule has 0 heterocycles. The molecule has 0 radical (unpaired) electrons. The molecule has 2 fully saturated rings. The van der Waals surface area contributed by atoms with Crippen molar-refractivity contribution >= 4 is 5.91 Å². The summed E-state index contributed by atoms with van der Waals surface area (Å²) < 4.78 is 0. The molecule has 2 N–H and O–H groups in total. The number of nitrogens with two attached hydrogens (primary N) is 1. The predicted molar refractivity (Wildman–Crippen MR) is 69.5 cm³/mol. The van der Waals surface area contributed by atoms with E-state index >= 15 is 0 Å². The number of amides is 1. The van der Waals surface area contributed by atoms with E-state index in [4.69, 9.17) is 5.73 Å². The van der Waals surface area contributed by atoms with Gasteiger partial charge in [-0.25, -0.2) is 0 Å². The van der Waals surface area contributed by atoms with E-state index in [2.05, 4.69) is 11.8 Å². The Balaban J connectivity index is 1.96. The monoisotopic (exact) mass is 238 g/mol. The van der Waals surface area contributed by atoms with Gasteiger partial charge in [-0.15, -0.1) is 0 Å². The van der Waals surface area contributed by atoms with Crippen LogP contribution in [0.5, 0.6) is 0 Å². The number of carbonyl (C=O) groups is 1. The summed E-state index contributed by atoms with van der Waals surface area (Å²) in [5.41, 5.74) is 5.86. The molecule has 0 aromatic carbocycles. The van der Waals surface area contributed by atoms with Crippen LogP contribution in [0.2, 0.25) is 0 Å². The largest absolute Gasteiger partial charge is 0.340 e. The standard InChI is InChI=1S/C14H26N2O/c1-2-16(14(17)9-11-7-8-11)13-6-4-3-5-12(13)10-15/h11-13H,2-10,15H2,1H3. The van der Waals surface area contributed by atoms with Crippen molar-refractivity contribution in [1.82, 2.24) is 4.90 Å². The van der Waals surface area contributed by atoms with Gasteiger partial charge in [0, 0.05) is 19.0 Å². The van der Waals surface area contributed by atoms with Crippen molar-refractivity contribution < 1.29 is 4.79 Å². The lowest BCUT2D eigenvalue weighted by Crippen LogP contribution is -2.48. The first-order valence-corrected chi connectivity index (χ1v) is 7.25. The molecule has 1 amide bonds. The Morgan fingerprint density at radius 2 is 1.94 bits per heavy atom. The first-order chi connectivity index (χ1) is 8.26. The Hall–Kier alpha value is -0.570. The van der Waals surface area contributed by atoms with E-state index in [1.807, 2.05) is 0 Å². The average molecular weight is 238 g/mol. The normalized spacial score (nSPS) is 29.1. The van der Waals surface area contributed by atoms with Gasteiger partial charge in [-0.2, -0.15) is 0 Å². The molecular weight excluding hydrogens is 212 g/mol. The third kappa shape index (κ3) is 3.21. The quantitative estimate of drug-likeness (QED) is 0.797. The van der Waals surface area contributed by atoms with Crippen LogP contribution < -0.4 is 5.73 Å². The summed E-state index contributed by atoms with van der Waals surface area (Å²) in [7, 11) is 0. The van der Waals surface area contributed by atoms with Gasteiger partial charge in [-0.3, -0.25) is 4.79 Å². The number of hydrogen-bond donors (Lipinski definition) is 1. The molecule has 0 spiro atoms. The third-order valence-electron chi connectivity index (χ3n) is 4.39. The number of hydrogen-bond acceptors (Lipinski definition) is 2. The lowest BCUT2D eigenvalue weighted by molar-refractivity contribution is -0.135. The average Bonchev–Trinajstić information content (AvgIpc) is 3.14. The van der Waals surface area contributed by atoms with Crippen LogP contribution in [-0.4, -0.2) is 29.9 Å². The minimum Gasteiger partial charge on any atom is -0.340 e. The summed E-state index contributed by atoms with van der Waals surface area (Å²) in [5.74, 6) is 1.60. The van der Waals surface area contributed by atoms with Gasteiger partial charge in [0.2, 0.25) is 5.91 Å². The first kappa shape index (κ1) is 12.9. The summed E-state index contributed by atoms with van der Waals surface area (Å²) in [6.07, 6.45) is 8.20. The second kappa shape index (κ2) is 5.85. The molecule has 17 heavy (non-hydrogen) atoms. The Kier molecular flexibility index (Phi) is 4.43. The number of rotatable bonds is 5. The van der Waals surface area contributed by atoms with Crippen LogP contribution in [0.25, 0.3) is 0 Å². The fourth-order valence-electron chi connectivity index (χ4n) is 3.16. The van der Waals surface area contributed by atoms with Crippen LogP contribution in [-0.2, 0) is 4.79 Å². The molecule has 3 nitrogen and oxygen atoms in total. The summed E-state index contributed by atoms with van der Waals surface area (Å²) in [5, 5.41) is 0. The Labute approximate surface area is 105 Å². The lowest BCUT2D eigenvalue weighted by Gasteiger charge is -2.39. The molecule has 0 bridgehead atoms. The maximum Gasteiger partial charge on any atom is 0.223 e. The number of nitrogens with zero attached hydrogens (tertiary/aromatic N) is 1. The molecule has 98 valence electrons. The molecule has 2 atom stereocenters. The van der Waals surface area contributed by atoms with Crippen LogP contribution >= 0.6 is 0 Å². The summed E-state index contributed by atoms with van der Waals surface area (Å²) in [6, 6.07) is 0.421. The molecular formula is C14H26N2O. The van der Waals surface area contributed by atoms with E-state index in [9.17, 15) is 4.79 Å². The summed E-state index contributed by atoms with van der Waals surface area (Å²) in [4.78, 5) is 14.4. The highest BCUT2D eigenvalue weighted by atomic mass is 16.2. The molecule has 2 aliphatic rings. The Morgan fingerprint density at radius 3 is 2.53 bits per heavy atom. The number of carbonyl (C=O) groups excluding carboxylic acids is 1. The highest BCUT2D eigenvalue weighted by Gasteiger charge is 2.33. The first-order valence-electron chi connectivity index (χ1n) is 7.25. The fraction of sp³-hybridized carbons (Fsp3) is 0.929. The van der Waals surface area contributed by atoms with Crippen molar-refractivity contribution in [2.75, 3.05) is 13.1 Å². The lowest BCUT2D eigenvalue weighted by atomic mass is 9.83. The SMILES string of the molecule is CCN(C(=O)CC1CC1)C1CCCCC1CN. The highest BCUT2D eigenvalue weighted by molar-refractivity contribution is 5.77. The molecule has 3 heteroatoms. The van der Waals surface area contributed by atoms with Crippen molar-refractivity contribution in [3.63, 3.8) is 0 Å². The van der Waals surface area contributed by atoms with Gasteiger partial charge < -0.3 is 10.6 Å². The van der Waals surface area contributed by atoms with Crippen LogP contribution in [0, 0.1) is 11.8 Å². The van der Waals surface area contributed by atoms with Crippen LogP contribution in [0.4, 0.5) is 0 Å². The van der Waals surface area contributed by atoms with Crippen LogP contribution in [0.1, 0.15) is 51.9 Å². The smallest absolute Gasteiger partial charge is 0.223 e. The zero-order valence-electron chi connectivity index (χ0n) is 11.0. The predicted octanol–water partition coefficient (Wildman–Crippen LogP) is 2.15. The van der Waals surface area contributed by atoms with E-state index in [0.717, 1.165) is 25.9 Å². The molecule has 2 rings (SSSR count). The maximum absolute atomic E-state index is 12.3. The zero-order chi connectivity index (χ0) is 12.3. The van der Waals surface area contributed by atoms with Gasteiger partial charge in [0.15, 0.2) is 0 Å². The minimum atomic E-state index is 0.375. The molecule has 2 unspecified atom stereocenters. The van der Waals surface area contributed by atoms with E-state index in [0.29, 0.717) is 23.8 Å². The van der Waals surface area contributed by atoms with Gasteiger partial charge in [0.05, 0.1) is 0 Å². The second-order valence-corrected chi connectivity index (χ2v) is 5.67.